The van der Waals surface area contributed by atoms with E-state index in [9.17, 15) is 9.18 Å². The Morgan fingerprint density at radius 3 is 2.57 bits per heavy atom. The van der Waals surface area contributed by atoms with Crippen molar-refractivity contribution in [2.24, 2.45) is 0 Å². The predicted octanol–water partition coefficient (Wildman–Crippen LogP) is 7.63. The minimum absolute atomic E-state index is 0.0314. The van der Waals surface area contributed by atoms with Gasteiger partial charge in [0.15, 0.2) is 12.6 Å². The van der Waals surface area contributed by atoms with E-state index in [1.54, 1.807) is 19.4 Å². The van der Waals surface area contributed by atoms with Gasteiger partial charge in [0.25, 0.3) is 0 Å². The van der Waals surface area contributed by atoms with Gasteiger partial charge in [0.2, 0.25) is 0 Å². The summed E-state index contributed by atoms with van der Waals surface area (Å²) in [4.78, 5) is 33.9. The zero-order valence-electron chi connectivity index (χ0n) is 32.0. The van der Waals surface area contributed by atoms with Gasteiger partial charge >= 0.3 is 12.1 Å². The lowest BCUT2D eigenvalue weighted by atomic mass is 9.91. The first-order valence-electron chi connectivity index (χ1n) is 19.2. The molecule has 4 atom stereocenters. The number of pyridine rings is 1. The number of aromatic nitrogens is 3. The first kappa shape index (κ1) is 36.6. The Kier molecular flexibility index (Phi) is 9.52. The summed E-state index contributed by atoms with van der Waals surface area (Å²) in [6.07, 6.45) is 4.21. The van der Waals surface area contributed by atoms with Gasteiger partial charge in [-0.15, -0.1) is 0 Å². The standard InChI is InChI=1S/C41H50F2N6O5/c1-24(2)30-10-7-9-25-15-29(53-23-51-6)16-31(33(25)30)35-34(43)36-32(18-44-35)37(46-38(45-36)52-22-41-13-8-14-48(41)19-26(42)17-41)47-20-27-11-12-28(21-47)49(27)39(50)54-40(3,4)5/h7,9-10,15-16,18,24,26-28H,8,11-14,17,19-23H2,1-6H3/t26?,27-,28+,41?. The van der Waals surface area contributed by atoms with Crippen LogP contribution >= 0.6 is 0 Å². The fraction of sp³-hybridized carbons (Fsp3) is 0.561. The van der Waals surface area contributed by atoms with E-state index in [2.05, 4.69) is 29.7 Å². The minimum Gasteiger partial charge on any atom is -0.468 e. The van der Waals surface area contributed by atoms with Crippen molar-refractivity contribution in [3.8, 4) is 23.0 Å². The van der Waals surface area contributed by atoms with Crippen LogP contribution in [-0.4, -0.2) is 107 Å². The molecule has 2 aromatic carbocycles. The molecule has 1 amide bonds. The quantitative estimate of drug-likeness (QED) is 0.159. The first-order valence-corrected chi connectivity index (χ1v) is 19.2. The van der Waals surface area contributed by atoms with Gasteiger partial charge in [-0.05, 0) is 87.4 Å². The molecule has 54 heavy (non-hydrogen) atoms. The lowest BCUT2D eigenvalue weighted by Crippen LogP contribution is -2.57. The Hall–Kier alpha value is -4.36. The van der Waals surface area contributed by atoms with Crippen LogP contribution in [0.5, 0.6) is 11.8 Å². The Bertz CT molecular complexity index is 2060. The molecule has 4 saturated heterocycles. The number of rotatable bonds is 9. The summed E-state index contributed by atoms with van der Waals surface area (Å²) >= 11 is 0. The maximum Gasteiger partial charge on any atom is 0.410 e. The number of fused-ring (bicyclic) bond motifs is 5. The van der Waals surface area contributed by atoms with E-state index in [0.29, 0.717) is 48.6 Å². The molecule has 2 bridgehead atoms. The third-order valence-electron chi connectivity index (χ3n) is 11.5. The number of piperazine rings is 1. The molecular weight excluding hydrogens is 694 g/mol. The van der Waals surface area contributed by atoms with Crippen LogP contribution in [-0.2, 0) is 9.47 Å². The fourth-order valence-electron chi connectivity index (χ4n) is 9.16. The van der Waals surface area contributed by atoms with Gasteiger partial charge in [0.1, 0.15) is 41.2 Å². The molecule has 0 saturated carbocycles. The van der Waals surface area contributed by atoms with Crippen LogP contribution in [0.15, 0.2) is 36.5 Å². The number of hydrogen-bond acceptors (Lipinski definition) is 10. The molecule has 4 aromatic rings. The van der Waals surface area contributed by atoms with Crippen molar-refractivity contribution >= 4 is 33.6 Å². The van der Waals surface area contributed by atoms with Crippen LogP contribution in [0.4, 0.5) is 19.4 Å². The topological polar surface area (TPSA) is 102 Å². The Morgan fingerprint density at radius 2 is 1.85 bits per heavy atom. The number of halogens is 2. The molecule has 0 N–H and O–H groups in total. The van der Waals surface area contributed by atoms with Gasteiger partial charge in [0, 0.05) is 44.9 Å². The molecule has 0 radical (unpaired) electrons. The monoisotopic (exact) mass is 744 g/mol. The third-order valence-corrected chi connectivity index (χ3v) is 11.5. The molecule has 0 spiro atoms. The fourth-order valence-corrected chi connectivity index (χ4v) is 9.16. The van der Waals surface area contributed by atoms with Gasteiger partial charge in [-0.3, -0.25) is 14.8 Å². The zero-order chi connectivity index (χ0) is 37.9. The normalized spacial score (nSPS) is 24.2. The Labute approximate surface area is 314 Å². The van der Waals surface area contributed by atoms with Gasteiger partial charge in [-0.2, -0.15) is 9.97 Å². The van der Waals surface area contributed by atoms with E-state index >= 15 is 4.39 Å². The third kappa shape index (κ3) is 6.67. The molecule has 2 aromatic heterocycles. The number of alkyl halides is 1. The van der Waals surface area contributed by atoms with E-state index in [4.69, 9.17) is 33.9 Å². The number of hydrogen-bond donors (Lipinski definition) is 0. The van der Waals surface area contributed by atoms with Crippen LogP contribution in [0, 0.1) is 5.82 Å². The van der Waals surface area contributed by atoms with Crippen molar-refractivity contribution in [3.63, 3.8) is 0 Å². The number of carbonyl (C=O) groups is 1. The predicted molar refractivity (Wildman–Crippen MR) is 202 cm³/mol. The number of amides is 1. The second-order valence-corrected chi connectivity index (χ2v) is 16.7. The van der Waals surface area contributed by atoms with Crippen molar-refractivity contribution in [2.75, 3.05) is 51.6 Å². The summed E-state index contributed by atoms with van der Waals surface area (Å²) in [6, 6.07) is 9.58. The zero-order valence-corrected chi connectivity index (χ0v) is 32.0. The van der Waals surface area contributed by atoms with E-state index in [1.807, 2.05) is 43.9 Å². The average Bonchev–Trinajstić information content (AvgIpc) is 3.75. The van der Waals surface area contributed by atoms with Crippen LogP contribution < -0.4 is 14.4 Å². The minimum atomic E-state index is -0.918. The average molecular weight is 745 g/mol. The number of anilines is 1. The van der Waals surface area contributed by atoms with E-state index in [-0.39, 0.29) is 54.7 Å². The smallest absolute Gasteiger partial charge is 0.410 e. The summed E-state index contributed by atoms with van der Waals surface area (Å²) in [5.41, 5.74) is 0.787. The van der Waals surface area contributed by atoms with Gasteiger partial charge in [-0.25, -0.2) is 13.6 Å². The lowest BCUT2D eigenvalue weighted by molar-refractivity contribution is 0.0122. The van der Waals surface area contributed by atoms with E-state index in [1.165, 1.54) is 0 Å². The summed E-state index contributed by atoms with van der Waals surface area (Å²) in [6.45, 7) is 12.2. The molecule has 6 heterocycles. The summed E-state index contributed by atoms with van der Waals surface area (Å²) in [5.74, 6) is 0.564. The molecule has 0 aliphatic carbocycles. The molecule has 11 nitrogen and oxygen atoms in total. The Morgan fingerprint density at radius 1 is 1.07 bits per heavy atom. The van der Waals surface area contributed by atoms with E-state index in [0.717, 1.165) is 48.6 Å². The van der Waals surface area contributed by atoms with Crippen molar-refractivity contribution < 1.29 is 32.5 Å². The molecule has 288 valence electrons. The number of benzene rings is 2. The van der Waals surface area contributed by atoms with Crippen molar-refractivity contribution in [3.05, 3.63) is 47.9 Å². The molecule has 4 aliphatic heterocycles. The van der Waals surface area contributed by atoms with Crippen LogP contribution in [0.25, 0.3) is 32.9 Å². The largest absolute Gasteiger partial charge is 0.468 e. The van der Waals surface area contributed by atoms with Gasteiger partial charge in [-0.1, -0.05) is 32.0 Å². The first-order chi connectivity index (χ1) is 25.8. The Balaban J connectivity index is 1.23. The number of methoxy groups -OCH3 is 1. The second kappa shape index (κ2) is 14.1. The molecule has 8 rings (SSSR count). The lowest BCUT2D eigenvalue weighted by Gasteiger charge is -2.42. The highest BCUT2D eigenvalue weighted by atomic mass is 19.1. The highest BCUT2D eigenvalue weighted by Gasteiger charge is 2.50. The molecule has 13 heteroatoms. The van der Waals surface area contributed by atoms with Crippen molar-refractivity contribution in [1.82, 2.24) is 24.8 Å². The summed E-state index contributed by atoms with van der Waals surface area (Å²) in [7, 11) is 1.55. The summed E-state index contributed by atoms with van der Waals surface area (Å²) < 4.78 is 55.3. The number of carbonyl (C=O) groups excluding carboxylic acids is 1. The molecule has 4 aliphatic rings. The van der Waals surface area contributed by atoms with E-state index < -0.39 is 23.1 Å². The maximum absolute atomic E-state index is 17.4. The summed E-state index contributed by atoms with van der Waals surface area (Å²) in [5, 5.41) is 2.21. The van der Waals surface area contributed by atoms with Crippen molar-refractivity contribution in [2.45, 2.75) is 102 Å². The highest BCUT2D eigenvalue weighted by molar-refractivity contribution is 6.02. The number of ether oxygens (including phenoxy) is 4. The molecule has 4 fully saturated rings. The van der Waals surface area contributed by atoms with Crippen LogP contribution in [0.3, 0.4) is 0 Å². The number of nitrogens with zero attached hydrogens (tertiary/aromatic N) is 6. The SMILES string of the molecule is COCOc1cc(-c2ncc3c(N4C[C@H]5CC[C@@H](C4)N5C(=O)OC(C)(C)C)nc(OCC45CCCN4CC(F)C5)nc3c2F)c2c(C(C)C)cccc2c1. The van der Waals surface area contributed by atoms with Gasteiger partial charge in [0.05, 0.1) is 23.0 Å². The van der Waals surface area contributed by atoms with Gasteiger partial charge < -0.3 is 23.8 Å². The highest BCUT2D eigenvalue weighted by Crippen LogP contribution is 2.43. The van der Waals surface area contributed by atoms with Crippen molar-refractivity contribution in [1.29, 1.82) is 0 Å². The maximum atomic E-state index is 17.4. The molecular formula is C41H50F2N6O5. The van der Waals surface area contributed by atoms with Crippen LogP contribution in [0.1, 0.15) is 78.2 Å². The van der Waals surface area contributed by atoms with Crippen LogP contribution in [0.2, 0.25) is 0 Å². The second-order valence-electron chi connectivity index (χ2n) is 16.7. The molecule has 2 unspecified atom stereocenters.